The summed E-state index contributed by atoms with van der Waals surface area (Å²) in [5.74, 6) is 0.196. The fraction of sp³-hybridized carbons (Fsp3) is 0.643. The Hall–Kier alpha value is -0.540. The molecule has 2 unspecified atom stereocenters. The highest BCUT2D eigenvalue weighted by Gasteiger charge is 2.27. The smallest absolute Gasteiger partial charge is 0.227 e. The van der Waals surface area contributed by atoms with Crippen molar-refractivity contribution < 1.29 is 4.79 Å². The van der Waals surface area contributed by atoms with Crippen LogP contribution in [0.15, 0.2) is 11.4 Å². The van der Waals surface area contributed by atoms with Crippen LogP contribution >= 0.6 is 22.9 Å². The summed E-state index contributed by atoms with van der Waals surface area (Å²) in [6.45, 7) is 2.69. The van der Waals surface area contributed by atoms with E-state index in [1.807, 2.05) is 0 Å². The minimum Gasteiger partial charge on any atom is -0.354 e. The van der Waals surface area contributed by atoms with E-state index in [9.17, 15) is 4.79 Å². The van der Waals surface area contributed by atoms with Crippen LogP contribution < -0.4 is 5.32 Å². The van der Waals surface area contributed by atoms with Crippen molar-refractivity contribution in [2.45, 2.75) is 50.3 Å². The lowest BCUT2D eigenvalue weighted by Gasteiger charge is -2.22. The molecule has 2 rings (SSSR count). The van der Waals surface area contributed by atoms with Crippen LogP contribution in [0, 0.1) is 0 Å². The Bertz CT molecular complexity index is 404. The first-order chi connectivity index (χ1) is 8.72. The first-order valence-corrected chi connectivity index (χ1v) is 8.02. The maximum Gasteiger partial charge on any atom is 0.227 e. The number of carbonyl (C=O) groups is 1. The molecule has 0 aliphatic heterocycles. The van der Waals surface area contributed by atoms with Gasteiger partial charge in [-0.15, -0.1) is 22.9 Å². The van der Waals surface area contributed by atoms with Crippen LogP contribution in [0.3, 0.4) is 0 Å². The lowest BCUT2D eigenvalue weighted by Crippen LogP contribution is -2.34. The Morgan fingerprint density at radius 1 is 1.67 bits per heavy atom. The van der Waals surface area contributed by atoms with Crippen molar-refractivity contribution in [2.24, 2.45) is 0 Å². The third kappa shape index (κ3) is 3.27. The van der Waals surface area contributed by atoms with Gasteiger partial charge in [-0.2, -0.15) is 0 Å². The molecule has 0 radical (unpaired) electrons. The molecule has 0 fully saturated rings. The normalized spacial score (nSPS) is 20.2. The molecule has 0 spiro atoms. The van der Waals surface area contributed by atoms with Gasteiger partial charge >= 0.3 is 0 Å². The number of nitrogens with one attached hydrogen (secondary N) is 1. The number of halogens is 1. The Morgan fingerprint density at radius 2 is 2.50 bits per heavy atom. The van der Waals surface area contributed by atoms with Crippen molar-refractivity contribution in [2.75, 3.05) is 6.54 Å². The van der Waals surface area contributed by atoms with Gasteiger partial charge in [0.25, 0.3) is 0 Å². The molecule has 0 aromatic carbocycles. The monoisotopic (exact) mass is 285 g/mol. The lowest BCUT2D eigenvalue weighted by atomic mass is 9.87. The summed E-state index contributed by atoms with van der Waals surface area (Å²) in [5.41, 5.74) is 1.24. The third-order valence-electron chi connectivity index (χ3n) is 3.47. The Labute approximate surface area is 118 Å². The van der Waals surface area contributed by atoms with Crippen LogP contribution in [0.1, 0.15) is 49.0 Å². The Morgan fingerprint density at radius 3 is 3.28 bits per heavy atom. The average molecular weight is 286 g/mol. The number of aryl methyl sites for hydroxylation is 1. The van der Waals surface area contributed by atoms with Gasteiger partial charge < -0.3 is 5.32 Å². The quantitative estimate of drug-likeness (QED) is 0.822. The van der Waals surface area contributed by atoms with Crippen LogP contribution in [0.2, 0.25) is 0 Å². The summed E-state index contributed by atoms with van der Waals surface area (Å²) < 4.78 is 0. The van der Waals surface area contributed by atoms with Gasteiger partial charge in [0.15, 0.2) is 0 Å². The van der Waals surface area contributed by atoms with Gasteiger partial charge in [0.2, 0.25) is 5.91 Å². The fourth-order valence-corrected chi connectivity index (χ4v) is 3.79. The molecule has 4 heteroatoms. The standard InChI is InChI=1S/C14H20ClNOS/c1-2-4-10(15)9-16-14(17)12-5-3-6-13-11(12)7-8-18-13/h7-8,10,12H,2-6,9H2,1H3,(H,16,17). The molecule has 1 N–H and O–H groups in total. The van der Waals surface area contributed by atoms with Gasteiger partial charge in [0.05, 0.1) is 11.3 Å². The summed E-state index contributed by atoms with van der Waals surface area (Å²) in [6, 6.07) is 2.10. The first-order valence-electron chi connectivity index (χ1n) is 6.70. The molecule has 0 bridgehead atoms. The molecular weight excluding hydrogens is 266 g/mol. The van der Waals surface area contributed by atoms with E-state index in [1.165, 1.54) is 10.4 Å². The lowest BCUT2D eigenvalue weighted by molar-refractivity contribution is -0.122. The van der Waals surface area contributed by atoms with E-state index in [0.29, 0.717) is 6.54 Å². The highest BCUT2D eigenvalue weighted by Crippen LogP contribution is 2.34. The van der Waals surface area contributed by atoms with Crippen molar-refractivity contribution in [3.05, 3.63) is 21.9 Å². The van der Waals surface area contributed by atoms with Gasteiger partial charge in [0, 0.05) is 11.4 Å². The molecule has 1 amide bonds. The Balaban J connectivity index is 1.91. The van der Waals surface area contributed by atoms with Crippen LogP contribution in [0.4, 0.5) is 0 Å². The zero-order valence-electron chi connectivity index (χ0n) is 10.7. The summed E-state index contributed by atoms with van der Waals surface area (Å²) in [5, 5.41) is 5.16. The predicted molar refractivity (Wildman–Crippen MR) is 77.6 cm³/mol. The minimum absolute atomic E-state index is 0.0468. The topological polar surface area (TPSA) is 29.1 Å². The minimum atomic E-state index is 0.0468. The Kier molecular flexibility index (Phi) is 5.07. The maximum atomic E-state index is 12.2. The molecule has 1 aromatic rings. The number of alkyl halides is 1. The zero-order valence-corrected chi connectivity index (χ0v) is 12.3. The summed E-state index contributed by atoms with van der Waals surface area (Å²) >= 11 is 7.90. The van der Waals surface area contributed by atoms with E-state index in [1.54, 1.807) is 11.3 Å². The van der Waals surface area contributed by atoms with E-state index < -0.39 is 0 Å². The number of hydrogen-bond donors (Lipinski definition) is 1. The number of hydrogen-bond acceptors (Lipinski definition) is 2. The molecule has 1 aromatic heterocycles. The summed E-state index contributed by atoms with van der Waals surface area (Å²) in [6.07, 6.45) is 5.23. The van der Waals surface area contributed by atoms with Crippen LogP contribution in [0.5, 0.6) is 0 Å². The van der Waals surface area contributed by atoms with Gasteiger partial charge in [-0.1, -0.05) is 13.3 Å². The van der Waals surface area contributed by atoms with Gasteiger partial charge in [0.1, 0.15) is 0 Å². The van der Waals surface area contributed by atoms with E-state index in [0.717, 1.165) is 32.1 Å². The van der Waals surface area contributed by atoms with E-state index in [2.05, 4.69) is 23.7 Å². The molecule has 0 saturated heterocycles. The molecular formula is C14H20ClNOS. The van der Waals surface area contributed by atoms with E-state index in [4.69, 9.17) is 11.6 Å². The van der Waals surface area contributed by atoms with Crippen LogP contribution in [-0.2, 0) is 11.2 Å². The van der Waals surface area contributed by atoms with Gasteiger partial charge in [-0.25, -0.2) is 0 Å². The van der Waals surface area contributed by atoms with Crippen molar-refractivity contribution in [1.29, 1.82) is 0 Å². The molecule has 100 valence electrons. The van der Waals surface area contributed by atoms with Crippen LogP contribution in [0.25, 0.3) is 0 Å². The number of thiophene rings is 1. The molecule has 1 aliphatic rings. The van der Waals surface area contributed by atoms with Crippen LogP contribution in [-0.4, -0.2) is 17.8 Å². The zero-order chi connectivity index (χ0) is 13.0. The fourth-order valence-electron chi connectivity index (χ4n) is 2.51. The van der Waals surface area contributed by atoms with E-state index in [-0.39, 0.29) is 17.2 Å². The number of fused-ring (bicyclic) bond motifs is 1. The average Bonchev–Trinajstić information content (AvgIpc) is 2.84. The largest absolute Gasteiger partial charge is 0.354 e. The molecule has 1 aliphatic carbocycles. The molecule has 2 nitrogen and oxygen atoms in total. The summed E-state index contributed by atoms with van der Waals surface area (Å²) in [4.78, 5) is 13.6. The number of carbonyl (C=O) groups excluding carboxylic acids is 1. The second kappa shape index (κ2) is 6.58. The van der Waals surface area contributed by atoms with Gasteiger partial charge in [-0.05, 0) is 42.7 Å². The SMILES string of the molecule is CCCC(Cl)CNC(=O)C1CCCc2sccc21. The number of amides is 1. The van der Waals surface area contributed by atoms with Crippen molar-refractivity contribution in [3.8, 4) is 0 Å². The van der Waals surface area contributed by atoms with Crippen molar-refractivity contribution in [1.82, 2.24) is 5.32 Å². The highest BCUT2D eigenvalue weighted by molar-refractivity contribution is 7.10. The second-order valence-electron chi connectivity index (χ2n) is 4.88. The molecule has 18 heavy (non-hydrogen) atoms. The molecule has 1 heterocycles. The molecule has 0 saturated carbocycles. The highest BCUT2D eigenvalue weighted by atomic mass is 35.5. The molecule has 2 atom stereocenters. The third-order valence-corrected chi connectivity index (χ3v) is 4.84. The predicted octanol–water partition coefficient (Wildman–Crippen LogP) is 3.69. The van der Waals surface area contributed by atoms with Crippen molar-refractivity contribution in [3.63, 3.8) is 0 Å². The van der Waals surface area contributed by atoms with Crippen molar-refractivity contribution >= 4 is 28.8 Å². The summed E-state index contributed by atoms with van der Waals surface area (Å²) in [7, 11) is 0. The van der Waals surface area contributed by atoms with Gasteiger partial charge in [-0.3, -0.25) is 4.79 Å². The van der Waals surface area contributed by atoms with E-state index >= 15 is 0 Å². The maximum absolute atomic E-state index is 12.2. The number of rotatable bonds is 5. The first kappa shape index (κ1) is 13.9. The second-order valence-corrected chi connectivity index (χ2v) is 6.49.